The van der Waals surface area contributed by atoms with Gasteiger partial charge in [0.25, 0.3) is 0 Å². The van der Waals surface area contributed by atoms with Crippen molar-refractivity contribution in [3.8, 4) is 0 Å². The first-order valence-corrected chi connectivity index (χ1v) is 5.92. The summed E-state index contributed by atoms with van der Waals surface area (Å²) in [5.74, 6) is 0. The van der Waals surface area contributed by atoms with Crippen LogP contribution in [-0.4, -0.2) is 16.7 Å². The molecule has 0 spiro atoms. The minimum atomic E-state index is 0.0477. The van der Waals surface area contributed by atoms with Gasteiger partial charge in [0, 0.05) is 27.0 Å². The Kier molecular flexibility index (Phi) is 1.94. The van der Waals surface area contributed by atoms with Gasteiger partial charge in [0.2, 0.25) is 0 Å². The Balaban J connectivity index is 2.21. The molecule has 78 valence electrons. The second-order valence-corrected chi connectivity index (χ2v) is 5.25. The van der Waals surface area contributed by atoms with Crippen molar-refractivity contribution in [2.24, 2.45) is 0 Å². The molecule has 2 nitrogen and oxygen atoms in total. The molecule has 1 aliphatic carbocycles. The summed E-state index contributed by atoms with van der Waals surface area (Å²) in [4.78, 5) is 3.27. The largest absolute Gasteiger partial charge is 0.395 e. The lowest BCUT2D eigenvalue weighted by Crippen LogP contribution is -2.10. The van der Waals surface area contributed by atoms with Gasteiger partial charge in [0.1, 0.15) is 0 Å². The molecule has 1 aromatic heterocycles. The van der Waals surface area contributed by atoms with Gasteiger partial charge >= 0.3 is 0 Å². The average Bonchev–Trinajstić information content (AvgIpc) is 2.93. The Hall–Kier alpha value is -0.800. The standard InChI is InChI=1S/C12H12BrNO/c13-8-1-2-9-10(6-14-11(9)5-8)12(7-15)3-4-12/h1-2,5-6,14-15H,3-4,7H2. The number of fused-ring (bicyclic) bond motifs is 1. The number of aliphatic hydroxyl groups is 1. The van der Waals surface area contributed by atoms with Crippen molar-refractivity contribution in [2.45, 2.75) is 18.3 Å². The number of nitrogens with one attached hydrogen (secondary N) is 1. The van der Waals surface area contributed by atoms with Gasteiger partial charge in [-0.1, -0.05) is 22.0 Å². The van der Waals surface area contributed by atoms with Crippen molar-refractivity contribution in [3.05, 3.63) is 34.4 Å². The third-order valence-corrected chi connectivity index (χ3v) is 3.86. The van der Waals surface area contributed by atoms with E-state index in [9.17, 15) is 5.11 Å². The van der Waals surface area contributed by atoms with Gasteiger partial charge in [-0.15, -0.1) is 0 Å². The molecule has 0 radical (unpaired) electrons. The van der Waals surface area contributed by atoms with E-state index in [-0.39, 0.29) is 12.0 Å². The van der Waals surface area contributed by atoms with Gasteiger partial charge in [-0.25, -0.2) is 0 Å². The molecular weight excluding hydrogens is 254 g/mol. The number of hydrogen-bond donors (Lipinski definition) is 2. The van der Waals surface area contributed by atoms with Crippen LogP contribution in [0.15, 0.2) is 28.9 Å². The van der Waals surface area contributed by atoms with Crippen LogP contribution in [0.2, 0.25) is 0 Å². The highest BCUT2D eigenvalue weighted by molar-refractivity contribution is 9.10. The Morgan fingerprint density at radius 1 is 1.40 bits per heavy atom. The van der Waals surface area contributed by atoms with Crippen molar-refractivity contribution in [1.82, 2.24) is 4.98 Å². The van der Waals surface area contributed by atoms with Crippen LogP contribution >= 0.6 is 15.9 Å². The van der Waals surface area contributed by atoms with Crippen LogP contribution in [0.4, 0.5) is 0 Å². The molecule has 0 unspecified atom stereocenters. The van der Waals surface area contributed by atoms with Crippen LogP contribution in [0.3, 0.4) is 0 Å². The molecule has 3 heteroatoms. The molecule has 0 saturated heterocycles. The summed E-state index contributed by atoms with van der Waals surface area (Å²) in [5, 5.41) is 10.7. The highest BCUT2D eigenvalue weighted by Gasteiger charge is 2.45. The molecule has 3 rings (SSSR count). The zero-order chi connectivity index (χ0) is 10.5. The van der Waals surface area contributed by atoms with E-state index in [2.05, 4.69) is 33.0 Å². The van der Waals surface area contributed by atoms with Crippen LogP contribution < -0.4 is 0 Å². The molecule has 1 aliphatic rings. The van der Waals surface area contributed by atoms with Gasteiger partial charge in [-0.05, 0) is 30.5 Å². The molecule has 0 amide bonds. The highest BCUT2D eigenvalue weighted by atomic mass is 79.9. The summed E-state index contributed by atoms with van der Waals surface area (Å²) >= 11 is 3.46. The Labute approximate surface area is 96.4 Å². The quantitative estimate of drug-likeness (QED) is 0.861. The van der Waals surface area contributed by atoms with E-state index in [0.29, 0.717) is 0 Å². The van der Waals surface area contributed by atoms with E-state index in [4.69, 9.17) is 0 Å². The number of hydrogen-bond acceptors (Lipinski definition) is 1. The summed E-state index contributed by atoms with van der Waals surface area (Å²) in [6.45, 7) is 0.260. The SMILES string of the molecule is OCC1(c2c[nH]c3cc(Br)ccc23)CC1. The molecule has 1 heterocycles. The van der Waals surface area contributed by atoms with Crippen molar-refractivity contribution < 1.29 is 5.11 Å². The maximum Gasteiger partial charge on any atom is 0.0528 e. The summed E-state index contributed by atoms with van der Waals surface area (Å²) in [5.41, 5.74) is 2.46. The van der Waals surface area contributed by atoms with E-state index in [0.717, 1.165) is 22.8 Å². The zero-order valence-corrected chi connectivity index (χ0v) is 9.84. The number of rotatable bonds is 2. The first-order valence-electron chi connectivity index (χ1n) is 5.13. The van der Waals surface area contributed by atoms with E-state index in [1.54, 1.807) is 0 Å². The lowest BCUT2D eigenvalue weighted by Gasteiger charge is -2.09. The van der Waals surface area contributed by atoms with E-state index in [1.165, 1.54) is 10.9 Å². The summed E-state index contributed by atoms with van der Waals surface area (Å²) in [7, 11) is 0. The fourth-order valence-electron chi connectivity index (χ4n) is 2.20. The maximum absolute atomic E-state index is 9.42. The summed E-state index contributed by atoms with van der Waals surface area (Å²) in [6, 6.07) is 6.24. The monoisotopic (exact) mass is 265 g/mol. The molecule has 1 saturated carbocycles. The van der Waals surface area contributed by atoms with E-state index in [1.807, 2.05) is 12.3 Å². The van der Waals surface area contributed by atoms with E-state index < -0.39 is 0 Å². The van der Waals surface area contributed by atoms with Crippen LogP contribution in [-0.2, 0) is 5.41 Å². The maximum atomic E-state index is 9.42. The fraction of sp³-hybridized carbons (Fsp3) is 0.333. The van der Waals surface area contributed by atoms with Crippen molar-refractivity contribution in [3.63, 3.8) is 0 Å². The highest BCUT2D eigenvalue weighted by Crippen LogP contribution is 2.50. The van der Waals surface area contributed by atoms with E-state index >= 15 is 0 Å². The normalized spacial score (nSPS) is 18.3. The molecule has 15 heavy (non-hydrogen) atoms. The van der Waals surface area contributed by atoms with Crippen molar-refractivity contribution in [2.75, 3.05) is 6.61 Å². The van der Waals surface area contributed by atoms with Crippen LogP contribution in [0, 0.1) is 0 Å². The topological polar surface area (TPSA) is 36.0 Å². The Morgan fingerprint density at radius 3 is 2.87 bits per heavy atom. The predicted molar refractivity (Wildman–Crippen MR) is 64.0 cm³/mol. The lowest BCUT2D eigenvalue weighted by atomic mass is 9.97. The Bertz CT molecular complexity index is 513. The fourth-order valence-corrected chi connectivity index (χ4v) is 2.56. The number of benzene rings is 1. The Morgan fingerprint density at radius 2 is 2.20 bits per heavy atom. The third kappa shape index (κ3) is 1.34. The molecule has 0 atom stereocenters. The first-order chi connectivity index (χ1) is 7.25. The average molecular weight is 266 g/mol. The molecule has 1 aromatic carbocycles. The van der Waals surface area contributed by atoms with Gasteiger partial charge in [-0.3, -0.25) is 0 Å². The first kappa shape index (κ1) is 9.43. The number of aliphatic hydroxyl groups excluding tert-OH is 1. The summed E-state index contributed by atoms with van der Waals surface area (Å²) in [6.07, 6.45) is 4.25. The molecule has 2 N–H and O–H groups in total. The predicted octanol–water partition coefficient (Wildman–Crippen LogP) is 2.95. The lowest BCUT2D eigenvalue weighted by molar-refractivity contribution is 0.256. The van der Waals surface area contributed by atoms with Gasteiger partial charge in [0.05, 0.1) is 6.61 Å². The van der Waals surface area contributed by atoms with Gasteiger partial charge < -0.3 is 10.1 Å². The second kappa shape index (κ2) is 3.09. The second-order valence-electron chi connectivity index (χ2n) is 4.33. The minimum Gasteiger partial charge on any atom is -0.395 e. The third-order valence-electron chi connectivity index (χ3n) is 3.37. The van der Waals surface area contributed by atoms with Gasteiger partial charge in [0.15, 0.2) is 0 Å². The van der Waals surface area contributed by atoms with Crippen molar-refractivity contribution in [1.29, 1.82) is 0 Å². The summed E-state index contributed by atoms with van der Waals surface area (Å²) < 4.78 is 1.08. The molecule has 1 fully saturated rings. The molecule has 0 bridgehead atoms. The van der Waals surface area contributed by atoms with Crippen LogP contribution in [0.5, 0.6) is 0 Å². The number of H-pyrrole nitrogens is 1. The van der Waals surface area contributed by atoms with Crippen LogP contribution in [0.1, 0.15) is 18.4 Å². The van der Waals surface area contributed by atoms with Crippen molar-refractivity contribution >= 4 is 26.8 Å². The number of halogens is 1. The number of aromatic amines is 1. The molecular formula is C12H12BrNO. The molecule has 0 aliphatic heterocycles. The smallest absolute Gasteiger partial charge is 0.0528 e. The minimum absolute atomic E-state index is 0.0477. The van der Waals surface area contributed by atoms with Gasteiger partial charge in [-0.2, -0.15) is 0 Å². The van der Waals surface area contributed by atoms with Crippen LogP contribution in [0.25, 0.3) is 10.9 Å². The number of aromatic nitrogens is 1. The zero-order valence-electron chi connectivity index (χ0n) is 8.26. The molecule has 2 aromatic rings.